The first-order chi connectivity index (χ1) is 9.43. The van der Waals surface area contributed by atoms with E-state index in [0.717, 1.165) is 30.8 Å². The molecule has 0 amide bonds. The minimum absolute atomic E-state index is 0.0276. The average Bonchev–Trinajstić information content (AvgIpc) is 2.45. The molecule has 0 saturated carbocycles. The van der Waals surface area contributed by atoms with Crippen LogP contribution in [0.3, 0.4) is 0 Å². The van der Waals surface area contributed by atoms with Crippen LogP contribution in [0.1, 0.15) is 48.9 Å². The van der Waals surface area contributed by atoms with Gasteiger partial charge in [-0.05, 0) is 63.6 Å². The van der Waals surface area contributed by atoms with Crippen molar-refractivity contribution in [3.05, 3.63) is 34.9 Å². The van der Waals surface area contributed by atoms with E-state index < -0.39 is 0 Å². The highest BCUT2D eigenvalue weighted by Gasteiger charge is 2.33. The second kappa shape index (κ2) is 5.51. The zero-order valence-electron chi connectivity index (χ0n) is 13.4. The molecule has 0 N–H and O–H groups in total. The van der Waals surface area contributed by atoms with Crippen molar-refractivity contribution in [2.24, 2.45) is 0 Å². The molecule has 2 rings (SSSR count). The molecule has 0 bridgehead atoms. The number of fused-ring (bicyclic) bond motifs is 1. The molecular formula is C18H26O2. The summed E-state index contributed by atoms with van der Waals surface area (Å²) in [6.45, 7) is 15.1. The second-order valence-corrected chi connectivity index (χ2v) is 6.02. The zero-order valence-corrected chi connectivity index (χ0v) is 13.4. The largest absolute Gasteiger partial charge is 0.489 e. The molecule has 2 nitrogen and oxygen atoms in total. The summed E-state index contributed by atoms with van der Waals surface area (Å²) in [6, 6.07) is 0. The molecule has 110 valence electrons. The Bertz CT molecular complexity index is 531. The lowest BCUT2D eigenvalue weighted by Crippen LogP contribution is -2.36. The van der Waals surface area contributed by atoms with Crippen molar-refractivity contribution in [1.82, 2.24) is 0 Å². The highest BCUT2D eigenvalue weighted by Crippen LogP contribution is 2.44. The van der Waals surface area contributed by atoms with Crippen LogP contribution in [-0.2, 0) is 6.42 Å². The van der Waals surface area contributed by atoms with Gasteiger partial charge in [-0.1, -0.05) is 19.6 Å². The SMILES string of the molecule is C=CCOc1c(C)c(C)c2c(c1C)CCC(C)(CC)O2. The van der Waals surface area contributed by atoms with E-state index in [1.807, 2.05) is 0 Å². The minimum Gasteiger partial charge on any atom is -0.489 e. The maximum atomic E-state index is 6.34. The molecule has 0 aliphatic carbocycles. The molecule has 0 saturated heterocycles. The van der Waals surface area contributed by atoms with Gasteiger partial charge < -0.3 is 9.47 Å². The van der Waals surface area contributed by atoms with Gasteiger partial charge in [-0.3, -0.25) is 0 Å². The van der Waals surface area contributed by atoms with E-state index in [-0.39, 0.29) is 5.60 Å². The van der Waals surface area contributed by atoms with Crippen LogP contribution in [0.4, 0.5) is 0 Å². The Kier molecular flexibility index (Phi) is 4.12. The van der Waals surface area contributed by atoms with E-state index >= 15 is 0 Å². The van der Waals surface area contributed by atoms with E-state index in [9.17, 15) is 0 Å². The monoisotopic (exact) mass is 274 g/mol. The average molecular weight is 274 g/mol. The predicted octanol–water partition coefficient (Wildman–Crippen LogP) is 4.67. The summed E-state index contributed by atoms with van der Waals surface area (Å²) in [5.41, 5.74) is 4.91. The lowest BCUT2D eigenvalue weighted by molar-refractivity contribution is 0.0598. The van der Waals surface area contributed by atoms with Gasteiger partial charge in [-0.15, -0.1) is 0 Å². The molecule has 1 aromatic carbocycles. The Morgan fingerprint density at radius 1 is 1.25 bits per heavy atom. The highest BCUT2D eigenvalue weighted by atomic mass is 16.5. The van der Waals surface area contributed by atoms with E-state index in [4.69, 9.17) is 9.47 Å². The van der Waals surface area contributed by atoms with Crippen molar-refractivity contribution in [1.29, 1.82) is 0 Å². The smallest absolute Gasteiger partial charge is 0.127 e. The third-order valence-electron chi connectivity index (χ3n) is 4.66. The Balaban J connectivity index is 2.51. The topological polar surface area (TPSA) is 18.5 Å². The second-order valence-electron chi connectivity index (χ2n) is 6.02. The lowest BCUT2D eigenvalue weighted by Gasteiger charge is -2.37. The summed E-state index contributed by atoms with van der Waals surface area (Å²) < 4.78 is 12.2. The lowest BCUT2D eigenvalue weighted by atomic mass is 9.86. The van der Waals surface area contributed by atoms with Gasteiger partial charge in [0.2, 0.25) is 0 Å². The zero-order chi connectivity index (χ0) is 14.9. The number of benzene rings is 1. The molecule has 0 spiro atoms. The fourth-order valence-corrected chi connectivity index (χ4v) is 2.89. The van der Waals surface area contributed by atoms with Crippen molar-refractivity contribution in [2.75, 3.05) is 6.61 Å². The van der Waals surface area contributed by atoms with Crippen LogP contribution >= 0.6 is 0 Å². The molecule has 0 aromatic heterocycles. The number of rotatable bonds is 4. The normalized spacial score (nSPS) is 21.1. The van der Waals surface area contributed by atoms with Crippen LogP contribution < -0.4 is 9.47 Å². The molecule has 1 aliphatic rings. The molecule has 0 fully saturated rings. The maximum Gasteiger partial charge on any atom is 0.127 e. The Labute approximate surface area is 122 Å². The molecule has 20 heavy (non-hydrogen) atoms. The molecule has 0 radical (unpaired) electrons. The summed E-state index contributed by atoms with van der Waals surface area (Å²) in [4.78, 5) is 0. The van der Waals surface area contributed by atoms with Crippen LogP contribution in [0.25, 0.3) is 0 Å². The van der Waals surface area contributed by atoms with E-state index in [0.29, 0.717) is 6.61 Å². The van der Waals surface area contributed by atoms with E-state index in [1.54, 1.807) is 6.08 Å². The quantitative estimate of drug-likeness (QED) is 0.743. The Morgan fingerprint density at radius 3 is 2.55 bits per heavy atom. The maximum absolute atomic E-state index is 6.34. The number of hydrogen-bond donors (Lipinski definition) is 0. The van der Waals surface area contributed by atoms with Crippen molar-refractivity contribution in [3.8, 4) is 11.5 Å². The first kappa shape index (κ1) is 15.0. The minimum atomic E-state index is -0.0276. The molecule has 1 atom stereocenters. The molecule has 1 unspecified atom stereocenters. The van der Waals surface area contributed by atoms with Crippen molar-refractivity contribution < 1.29 is 9.47 Å². The number of ether oxygens (including phenoxy) is 2. The molecular weight excluding hydrogens is 248 g/mol. The fourth-order valence-electron chi connectivity index (χ4n) is 2.89. The predicted molar refractivity (Wildman–Crippen MR) is 84.0 cm³/mol. The fraction of sp³-hybridized carbons (Fsp3) is 0.556. The summed E-state index contributed by atoms with van der Waals surface area (Å²) >= 11 is 0. The third-order valence-corrected chi connectivity index (χ3v) is 4.66. The molecule has 2 heteroatoms. The van der Waals surface area contributed by atoms with Crippen LogP contribution in [0.5, 0.6) is 11.5 Å². The number of hydrogen-bond acceptors (Lipinski definition) is 2. The van der Waals surface area contributed by atoms with Gasteiger partial charge in [-0.25, -0.2) is 0 Å². The van der Waals surface area contributed by atoms with Crippen molar-refractivity contribution in [2.45, 2.75) is 59.5 Å². The van der Waals surface area contributed by atoms with Crippen molar-refractivity contribution >= 4 is 0 Å². The molecule has 1 aromatic rings. The van der Waals surface area contributed by atoms with E-state index in [1.165, 1.54) is 22.3 Å². The Hall–Kier alpha value is -1.44. The standard InChI is InChI=1S/C18H26O2/c1-7-11-19-16-12(3)13(4)17-15(14(16)5)9-10-18(6,8-2)20-17/h7H,1,8-11H2,2-6H3. The summed E-state index contributed by atoms with van der Waals surface area (Å²) in [6.07, 6.45) is 4.97. The van der Waals surface area contributed by atoms with Crippen molar-refractivity contribution in [3.63, 3.8) is 0 Å². The van der Waals surface area contributed by atoms with Gasteiger partial charge in [0.15, 0.2) is 0 Å². The molecule has 1 aliphatic heterocycles. The summed E-state index contributed by atoms with van der Waals surface area (Å²) in [5, 5.41) is 0. The van der Waals surface area contributed by atoms with Gasteiger partial charge in [-0.2, -0.15) is 0 Å². The first-order valence-corrected chi connectivity index (χ1v) is 7.49. The summed E-state index contributed by atoms with van der Waals surface area (Å²) in [5.74, 6) is 2.09. The van der Waals surface area contributed by atoms with Gasteiger partial charge in [0.1, 0.15) is 23.7 Å². The van der Waals surface area contributed by atoms with E-state index in [2.05, 4.69) is 41.2 Å². The van der Waals surface area contributed by atoms with Gasteiger partial charge in [0.05, 0.1) is 0 Å². The summed E-state index contributed by atoms with van der Waals surface area (Å²) in [7, 11) is 0. The van der Waals surface area contributed by atoms with Gasteiger partial charge in [0.25, 0.3) is 0 Å². The first-order valence-electron chi connectivity index (χ1n) is 7.49. The van der Waals surface area contributed by atoms with Crippen LogP contribution in [0.15, 0.2) is 12.7 Å². The van der Waals surface area contributed by atoms with Gasteiger partial charge in [0, 0.05) is 5.56 Å². The third kappa shape index (κ3) is 2.44. The van der Waals surface area contributed by atoms with Crippen LogP contribution in [0.2, 0.25) is 0 Å². The van der Waals surface area contributed by atoms with Crippen LogP contribution in [0, 0.1) is 20.8 Å². The van der Waals surface area contributed by atoms with Crippen LogP contribution in [-0.4, -0.2) is 12.2 Å². The van der Waals surface area contributed by atoms with Gasteiger partial charge >= 0.3 is 0 Å². The molecule has 1 heterocycles. The Morgan fingerprint density at radius 2 is 1.95 bits per heavy atom. The highest BCUT2D eigenvalue weighted by molar-refractivity contribution is 5.59.